The average Bonchev–Trinajstić information content (AvgIpc) is 3.14. The molecule has 0 aliphatic heterocycles. The highest BCUT2D eigenvalue weighted by molar-refractivity contribution is 7.10. The number of guanidine groups is 1. The van der Waals surface area contributed by atoms with Crippen LogP contribution in [0.25, 0.3) is 0 Å². The van der Waals surface area contributed by atoms with Gasteiger partial charge in [0, 0.05) is 23.9 Å². The molecule has 0 fully saturated rings. The molecule has 3 N–H and O–H groups in total. The molecule has 0 aliphatic carbocycles. The molecule has 130 valence electrons. The standard InChI is InChI=1S/C19H27N3OS/c1-3-20-19(22-14-15(2)18-10-7-13-24-18)21-12-11-17(23)16-8-5-4-6-9-16/h4-10,13,15,17,23H,3,11-12,14H2,1-2H3,(H2,20,21,22). The summed E-state index contributed by atoms with van der Waals surface area (Å²) in [6, 6.07) is 14.0. The summed E-state index contributed by atoms with van der Waals surface area (Å²) < 4.78 is 0. The summed E-state index contributed by atoms with van der Waals surface area (Å²) in [5, 5.41) is 18.9. The lowest BCUT2D eigenvalue weighted by Gasteiger charge is -2.15. The molecule has 0 radical (unpaired) electrons. The number of rotatable bonds is 8. The first-order valence-corrected chi connectivity index (χ1v) is 9.37. The Balaban J connectivity index is 1.81. The number of aliphatic hydroxyl groups is 1. The normalized spacial score (nSPS) is 14.2. The number of hydrogen-bond acceptors (Lipinski definition) is 3. The van der Waals surface area contributed by atoms with Crippen LogP contribution in [0.3, 0.4) is 0 Å². The van der Waals surface area contributed by atoms with Crippen LogP contribution in [0.2, 0.25) is 0 Å². The summed E-state index contributed by atoms with van der Waals surface area (Å²) in [6.45, 7) is 6.49. The van der Waals surface area contributed by atoms with Crippen LogP contribution in [0.5, 0.6) is 0 Å². The van der Waals surface area contributed by atoms with Crippen molar-refractivity contribution in [3.05, 3.63) is 58.3 Å². The second kappa shape index (κ2) is 10.1. The molecule has 2 unspecified atom stereocenters. The molecule has 0 amide bonds. The van der Waals surface area contributed by atoms with Gasteiger partial charge in [-0.05, 0) is 30.4 Å². The van der Waals surface area contributed by atoms with Gasteiger partial charge in [-0.15, -0.1) is 11.3 Å². The van der Waals surface area contributed by atoms with Crippen LogP contribution in [0.15, 0.2) is 52.8 Å². The van der Waals surface area contributed by atoms with Crippen molar-refractivity contribution in [3.8, 4) is 0 Å². The average molecular weight is 346 g/mol. The predicted octanol–water partition coefficient (Wildman–Crippen LogP) is 3.53. The second-order valence-corrected chi connectivity index (χ2v) is 6.76. The van der Waals surface area contributed by atoms with Gasteiger partial charge in [-0.1, -0.05) is 43.3 Å². The van der Waals surface area contributed by atoms with Crippen LogP contribution in [0, 0.1) is 0 Å². The van der Waals surface area contributed by atoms with Crippen molar-refractivity contribution in [2.24, 2.45) is 4.99 Å². The van der Waals surface area contributed by atoms with Crippen LogP contribution >= 0.6 is 11.3 Å². The minimum absolute atomic E-state index is 0.412. The molecular formula is C19H27N3OS. The van der Waals surface area contributed by atoms with E-state index in [4.69, 9.17) is 0 Å². The molecule has 1 aromatic carbocycles. The summed E-state index contributed by atoms with van der Waals surface area (Å²) in [6.07, 6.45) is 0.196. The Kier molecular flexibility index (Phi) is 7.79. The Bertz CT molecular complexity index is 598. The first-order chi connectivity index (χ1) is 11.7. The molecule has 1 heterocycles. The van der Waals surface area contributed by atoms with E-state index in [1.165, 1.54) is 4.88 Å². The zero-order chi connectivity index (χ0) is 17.2. The SMILES string of the molecule is CCNC(=NCC(C)c1cccs1)NCCC(O)c1ccccc1. The Morgan fingerprint density at radius 2 is 1.96 bits per heavy atom. The van der Waals surface area contributed by atoms with E-state index in [1.54, 1.807) is 11.3 Å². The van der Waals surface area contributed by atoms with Crippen molar-refractivity contribution < 1.29 is 5.11 Å². The Morgan fingerprint density at radius 3 is 2.62 bits per heavy atom. The zero-order valence-corrected chi connectivity index (χ0v) is 15.2. The Morgan fingerprint density at radius 1 is 1.17 bits per heavy atom. The number of nitrogens with one attached hydrogen (secondary N) is 2. The fraction of sp³-hybridized carbons (Fsp3) is 0.421. The number of aliphatic hydroxyl groups excluding tert-OH is 1. The lowest BCUT2D eigenvalue weighted by molar-refractivity contribution is 0.168. The van der Waals surface area contributed by atoms with E-state index in [0.29, 0.717) is 18.9 Å². The molecule has 24 heavy (non-hydrogen) atoms. The molecule has 0 aliphatic rings. The van der Waals surface area contributed by atoms with Crippen LogP contribution in [0.4, 0.5) is 0 Å². The molecule has 0 saturated carbocycles. The van der Waals surface area contributed by atoms with E-state index < -0.39 is 6.10 Å². The number of aliphatic imine (C=N–C) groups is 1. The third kappa shape index (κ3) is 5.98. The monoisotopic (exact) mass is 345 g/mol. The van der Waals surface area contributed by atoms with Crippen LogP contribution in [-0.4, -0.2) is 30.7 Å². The molecule has 2 atom stereocenters. The lowest BCUT2D eigenvalue weighted by Crippen LogP contribution is -2.38. The fourth-order valence-electron chi connectivity index (χ4n) is 2.40. The molecule has 0 spiro atoms. The second-order valence-electron chi connectivity index (χ2n) is 5.78. The molecule has 0 saturated heterocycles. The van der Waals surface area contributed by atoms with Crippen molar-refractivity contribution in [1.29, 1.82) is 0 Å². The van der Waals surface area contributed by atoms with Gasteiger partial charge < -0.3 is 15.7 Å². The third-order valence-electron chi connectivity index (χ3n) is 3.79. The van der Waals surface area contributed by atoms with Gasteiger partial charge in [-0.25, -0.2) is 0 Å². The summed E-state index contributed by atoms with van der Waals surface area (Å²) >= 11 is 1.77. The number of benzene rings is 1. The van der Waals surface area contributed by atoms with Crippen molar-refractivity contribution in [1.82, 2.24) is 10.6 Å². The fourth-order valence-corrected chi connectivity index (χ4v) is 3.18. The van der Waals surface area contributed by atoms with E-state index in [9.17, 15) is 5.11 Å². The van der Waals surface area contributed by atoms with E-state index in [-0.39, 0.29) is 0 Å². The molecule has 4 nitrogen and oxygen atoms in total. The lowest BCUT2D eigenvalue weighted by atomic mass is 10.1. The van der Waals surface area contributed by atoms with Gasteiger partial charge in [0.05, 0.1) is 12.6 Å². The third-order valence-corrected chi connectivity index (χ3v) is 4.89. The molecule has 2 aromatic rings. The van der Waals surface area contributed by atoms with E-state index >= 15 is 0 Å². The predicted molar refractivity (Wildman–Crippen MR) is 103 cm³/mol. The smallest absolute Gasteiger partial charge is 0.191 e. The minimum atomic E-state index is -0.452. The largest absolute Gasteiger partial charge is 0.388 e. The highest BCUT2D eigenvalue weighted by Crippen LogP contribution is 2.20. The molecule has 1 aromatic heterocycles. The minimum Gasteiger partial charge on any atom is -0.388 e. The number of nitrogens with zero attached hydrogens (tertiary/aromatic N) is 1. The van der Waals surface area contributed by atoms with Crippen LogP contribution in [-0.2, 0) is 0 Å². The Labute approximate surface area is 148 Å². The molecule has 5 heteroatoms. The molecular weight excluding hydrogens is 318 g/mol. The number of hydrogen-bond donors (Lipinski definition) is 3. The van der Waals surface area contributed by atoms with Crippen molar-refractivity contribution in [2.45, 2.75) is 32.3 Å². The topological polar surface area (TPSA) is 56.7 Å². The maximum absolute atomic E-state index is 10.2. The first kappa shape index (κ1) is 18.5. The first-order valence-electron chi connectivity index (χ1n) is 8.49. The van der Waals surface area contributed by atoms with Crippen LogP contribution in [0.1, 0.15) is 42.7 Å². The summed E-state index contributed by atoms with van der Waals surface area (Å²) in [5.74, 6) is 1.22. The van der Waals surface area contributed by atoms with Gasteiger partial charge in [-0.2, -0.15) is 0 Å². The highest BCUT2D eigenvalue weighted by Gasteiger charge is 2.08. The zero-order valence-electron chi connectivity index (χ0n) is 14.4. The maximum atomic E-state index is 10.2. The molecule has 2 rings (SSSR count). The van der Waals surface area contributed by atoms with Crippen LogP contribution < -0.4 is 10.6 Å². The van der Waals surface area contributed by atoms with Gasteiger partial charge in [0.1, 0.15) is 0 Å². The van der Waals surface area contributed by atoms with Gasteiger partial charge in [0.25, 0.3) is 0 Å². The summed E-state index contributed by atoms with van der Waals surface area (Å²) in [7, 11) is 0. The highest BCUT2D eigenvalue weighted by atomic mass is 32.1. The van der Waals surface area contributed by atoms with Gasteiger partial charge >= 0.3 is 0 Å². The molecule has 0 bridgehead atoms. The summed E-state index contributed by atoms with van der Waals surface area (Å²) in [4.78, 5) is 6.01. The van der Waals surface area contributed by atoms with Gasteiger partial charge in [-0.3, -0.25) is 4.99 Å². The van der Waals surface area contributed by atoms with Gasteiger partial charge in [0.15, 0.2) is 5.96 Å². The van der Waals surface area contributed by atoms with Crippen molar-refractivity contribution in [3.63, 3.8) is 0 Å². The van der Waals surface area contributed by atoms with Gasteiger partial charge in [0.2, 0.25) is 0 Å². The summed E-state index contributed by atoms with van der Waals surface area (Å²) in [5.41, 5.74) is 0.951. The van der Waals surface area contributed by atoms with Crippen molar-refractivity contribution in [2.75, 3.05) is 19.6 Å². The van der Waals surface area contributed by atoms with E-state index in [1.807, 2.05) is 30.3 Å². The number of thiophene rings is 1. The quantitative estimate of drug-likeness (QED) is 0.507. The van der Waals surface area contributed by atoms with E-state index in [0.717, 1.165) is 24.6 Å². The Hall–Kier alpha value is -1.85. The van der Waals surface area contributed by atoms with E-state index in [2.05, 4.69) is 47.0 Å². The maximum Gasteiger partial charge on any atom is 0.191 e. The van der Waals surface area contributed by atoms with Crippen molar-refractivity contribution >= 4 is 17.3 Å².